The number of phenolic OH excluding ortho intramolecular Hbond substituents is 8. The largest absolute Gasteiger partial charge is 0.504 e. The molecule has 7 aromatic carbocycles. The standard InChI is InChI=1S/C30H18O8/c31-23-3-15-11-1-12-14(2-13(11)17-5-25(33)29(37)9-21(17)19(15)7-27(23)35)18-6-26(34)30(38)10-22(18)20-8-28(36)24(32)4-16(12)20/h1-10,31-38H. The first-order chi connectivity index (χ1) is 18.1. The van der Waals surface area contributed by atoms with Crippen molar-refractivity contribution in [2.75, 3.05) is 0 Å². The second kappa shape index (κ2) is 7.04. The summed E-state index contributed by atoms with van der Waals surface area (Å²) in [6.45, 7) is 0. The molecule has 0 fully saturated rings. The molecule has 186 valence electrons. The van der Waals surface area contributed by atoms with E-state index in [1.807, 2.05) is 12.1 Å². The van der Waals surface area contributed by atoms with Gasteiger partial charge in [-0.25, -0.2) is 0 Å². The van der Waals surface area contributed by atoms with Crippen LogP contribution >= 0.6 is 0 Å². The highest BCUT2D eigenvalue weighted by molar-refractivity contribution is 6.33. The molecule has 0 spiro atoms. The molecule has 8 heteroatoms. The third-order valence-corrected chi connectivity index (χ3v) is 7.36. The number of rotatable bonds is 0. The topological polar surface area (TPSA) is 162 Å². The summed E-state index contributed by atoms with van der Waals surface area (Å²) < 4.78 is 0. The van der Waals surface area contributed by atoms with Crippen LogP contribution in [0.5, 0.6) is 46.0 Å². The fraction of sp³-hybridized carbons (Fsp3) is 0. The van der Waals surface area contributed by atoms with E-state index in [9.17, 15) is 40.9 Å². The van der Waals surface area contributed by atoms with E-state index in [2.05, 4.69) is 0 Å². The molecule has 8 N–H and O–H groups in total. The molecule has 0 heterocycles. The minimum Gasteiger partial charge on any atom is -0.504 e. The molecule has 0 unspecified atom stereocenters. The Morgan fingerprint density at radius 3 is 0.421 bits per heavy atom. The first kappa shape index (κ1) is 21.8. The first-order valence-electron chi connectivity index (χ1n) is 11.6. The molecule has 0 aliphatic rings. The van der Waals surface area contributed by atoms with Crippen molar-refractivity contribution in [3.05, 3.63) is 60.7 Å². The van der Waals surface area contributed by atoms with E-state index in [1.165, 1.54) is 48.5 Å². The fourth-order valence-corrected chi connectivity index (χ4v) is 5.58. The Balaban J connectivity index is 1.83. The minimum atomic E-state index is -0.348. The number of phenols is 8. The van der Waals surface area contributed by atoms with E-state index in [0.717, 1.165) is 0 Å². The molecular weight excluding hydrogens is 488 g/mol. The van der Waals surface area contributed by atoms with Gasteiger partial charge in [0.25, 0.3) is 0 Å². The molecule has 0 saturated heterocycles. The van der Waals surface area contributed by atoms with Gasteiger partial charge in [0.2, 0.25) is 0 Å². The van der Waals surface area contributed by atoms with Crippen molar-refractivity contribution in [2.45, 2.75) is 0 Å². The summed E-state index contributed by atoms with van der Waals surface area (Å²) in [7, 11) is 0. The summed E-state index contributed by atoms with van der Waals surface area (Å²) >= 11 is 0. The van der Waals surface area contributed by atoms with E-state index >= 15 is 0 Å². The maximum absolute atomic E-state index is 10.3. The summed E-state index contributed by atoms with van der Waals surface area (Å²) in [5.41, 5.74) is 0. The third kappa shape index (κ3) is 2.74. The Morgan fingerprint density at radius 1 is 0.184 bits per heavy atom. The molecule has 8 nitrogen and oxygen atoms in total. The van der Waals surface area contributed by atoms with Crippen molar-refractivity contribution in [3.63, 3.8) is 0 Å². The molecule has 0 amide bonds. The Bertz CT molecular complexity index is 1900. The number of aromatic hydroxyl groups is 8. The van der Waals surface area contributed by atoms with Crippen LogP contribution in [0, 0.1) is 0 Å². The minimum absolute atomic E-state index is 0.340. The van der Waals surface area contributed by atoms with Crippen LogP contribution < -0.4 is 0 Å². The second-order valence-corrected chi connectivity index (χ2v) is 9.49. The molecule has 0 atom stereocenters. The van der Waals surface area contributed by atoms with E-state index < -0.39 is 0 Å². The van der Waals surface area contributed by atoms with E-state index in [0.29, 0.717) is 64.6 Å². The predicted molar refractivity (Wildman–Crippen MR) is 145 cm³/mol. The molecule has 0 radical (unpaired) electrons. The van der Waals surface area contributed by atoms with Crippen LogP contribution in [0.4, 0.5) is 0 Å². The van der Waals surface area contributed by atoms with Gasteiger partial charge in [-0.1, -0.05) is 0 Å². The predicted octanol–water partition coefficient (Wildman–Crippen LogP) is 6.25. The second-order valence-electron chi connectivity index (χ2n) is 9.49. The van der Waals surface area contributed by atoms with E-state index in [1.54, 1.807) is 0 Å². The van der Waals surface area contributed by atoms with Crippen LogP contribution in [0.15, 0.2) is 60.7 Å². The number of hydrogen-bond donors (Lipinski definition) is 8. The summed E-state index contributed by atoms with van der Waals surface area (Å²) in [6.07, 6.45) is 0. The molecule has 0 saturated carbocycles. The van der Waals surface area contributed by atoms with Crippen molar-refractivity contribution < 1.29 is 40.9 Å². The summed E-state index contributed by atoms with van der Waals surface area (Å²) in [5, 5.41) is 89.2. The quantitative estimate of drug-likeness (QED) is 0.0680. The van der Waals surface area contributed by atoms with Crippen molar-refractivity contribution in [1.29, 1.82) is 0 Å². The zero-order valence-electron chi connectivity index (χ0n) is 19.4. The monoisotopic (exact) mass is 506 g/mol. The van der Waals surface area contributed by atoms with Crippen LogP contribution in [0.2, 0.25) is 0 Å². The zero-order chi connectivity index (χ0) is 26.6. The van der Waals surface area contributed by atoms with E-state index in [4.69, 9.17) is 0 Å². The van der Waals surface area contributed by atoms with Gasteiger partial charge in [0, 0.05) is 0 Å². The number of benzene rings is 7. The lowest BCUT2D eigenvalue weighted by Gasteiger charge is -2.17. The summed E-state index contributed by atoms with van der Waals surface area (Å²) in [6, 6.07) is 14.9. The molecule has 38 heavy (non-hydrogen) atoms. The van der Waals surface area contributed by atoms with Gasteiger partial charge >= 0.3 is 0 Å². The summed E-state index contributed by atoms with van der Waals surface area (Å²) in [4.78, 5) is 0. The first-order valence-corrected chi connectivity index (χ1v) is 11.6. The maximum atomic E-state index is 10.3. The molecule has 0 aromatic heterocycles. The zero-order valence-corrected chi connectivity index (χ0v) is 19.4. The number of fused-ring (bicyclic) bond motifs is 12. The normalized spacial score (nSPS) is 12.0. The lowest BCUT2D eigenvalue weighted by molar-refractivity contribution is 0.404. The molecular formula is C30H18O8. The van der Waals surface area contributed by atoms with Crippen molar-refractivity contribution in [1.82, 2.24) is 0 Å². The van der Waals surface area contributed by atoms with Gasteiger partial charge in [0.1, 0.15) is 0 Å². The highest BCUT2D eigenvalue weighted by Gasteiger charge is 2.19. The molecule has 7 rings (SSSR count). The lowest BCUT2D eigenvalue weighted by Crippen LogP contribution is -1.88. The molecule has 0 bridgehead atoms. The molecule has 0 aliphatic carbocycles. The lowest BCUT2D eigenvalue weighted by atomic mass is 9.88. The third-order valence-electron chi connectivity index (χ3n) is 7.36. The van der Waals surface area contributed by atoms with Crippen LogP contribution in [0.1, 0.15) is 0 Å². The highest BCUT2D eigenvalue weighted by atomic mass is 16.3. The van der Waals surface area contributed by atoms with Crippen LogP contribution in [-0.4, -0.2) is 40.9 Å². The van der Waals surface area contributed by atoms with Crippen LogP contribution in [0.25, 0.3) is 64.6 Å². The SMILES string of the molecule is Oc1cc2c3cc(O)c(O)cc3c3cc4c5cc(O)c(O)cc5c5cc(O)c(O)cc5c4cc3c2cc1O. The van der Waals surface area contributed by atoms with Gasteiger partial charge in [-0.3, -0.25) is 0 Å². The van der Waals surface area contributed by atoms with Gasteiger partial charge in [0.05, 0.1) is 0 Å². The van der Waals surface area contributed by atoms with Crippen molar-refractivity contribution in [3.8, 4) is 46.0 Å². The van der Waals surface area contributed by atoms with Crippen LogP contribution in [-0.2, 0) is 0 Å². The Kier molecular flexibility index (Phi) is 4.03. The van der Waals surface area contributed by atoms with Crippen LogP contribution in [0.3, 0.4) is 0 Å². The Hall–Kier alpha value is -5.50. The van der Waals surface area contributed by atoms with Gasteiger partial charge in [-0.15, -0.1) is 0 Å². The highest BCUT2D eigenvalue weighted by Crippen LogP contribution is 2.48. The molecule has 0 aliphatic heterocycles. The van der Waals surface area contributed by atoms with Crippen molar-refractivity contribution >= 4 is 64.6 Å². The smallest absolute Gasteiger partial charge is 0.158 e. The molecule has 7 aromatic rings. The average Bonchev–Trinajstić information content (AvgIpc) is 2.88. The van der Waals surface area contributed by atoms with Gasteiger partial charge in [-0.05, 0) is 125 Å². The van der Waals surface area contributed by atoms with E-state index in [-0.39, 0.29) is 46.0 Å². The summed E-state index contributed by atoms with van der Waals surface area (Å²) in [5.74, 6) is -2.75. The maximum Gasteiger partial charge on any atom is 0.158 e. The van der Waals surface area contributed by atoms with Gasteiger partial charge in [0.15, 0.2) is 46.0 Å². The Labute approximate surface area is 212 Å². The van der Waals surface area contributed by atoms with Gasteiger partial charge in [-0.2, -0.15) is 0 Å². The van der Waals surface area contributed by atoms with Gasteiger partial charge < -0.3 is 40.9 Å². The number of hydrogen-bond acceptors (Lipinski definition) is 8. The Morgan fingerprint density at radius 2 is 0.289 bits per heavy atom. The fourth-order valence-electron chi connectivity index (χ4n) is 5.58. The average molecular weight is 506 g/mol. The van der Waals surface area contributed by atoms with Crippen molar-refractivity contribution in [2.24, 2.45) is 0 Å².